The van der Waals surface area contributed by atoms with Crippen LogP contribution < -0.4 is 5.73 Å². The minimum absolute atomic E-state index is 0.690. The molecule has 0 aliphatic heterocycles. The summed E-state index contributed by atoms with van der Waals surface area (Å²) in [5, 5.41) is 1.22. The molecule has 3 rings (SSSR count). The molecule has 0 spiro atoms. The number of nitrogens with zero attached hydrogens (tertiary/aromatic N) is 1. The zero-order valence-electron chi connectivity index (χ0n) is 12.6. The number of H-pyrrole nitrogens is 1. The van der Waals surface area contributed by atoms with Gasteiger partial charge in [-0.3, -0.25) is 0 Å². The number of aryl methyl sites for hydroxylation is 2. The number of hydrogen-bond acceptors (Lipinski definition) is 2. The van der Waals surface area contributed by atoms with Crippen LogP contribution >= 0.6 is 0 Å². The largest absolute Gasteiger partial charge is 0.346 e. The summed E-state index contributed by atoms with van der Waals surface area (Å²) in [6.45, 7) is 5.01. The van der Waals surface area contributed by atoms with Crippen molar-refractivity contribution >= 4 is 11.0 Å². The fourth-order valence-electron chi connectivity index (χ4n) is 2.87. The Kier molecular flexibility index (Phi) is 3.76. The van der Waals surface area contributed by atoms with E-state index in [2.05, 4.69) is 54.3 Å². The van der Waals surface area contributed by atoms with E-state index in [4.69, 9.17) is 5.73 Å². The lowest BCUT2D eigenvalue weighted by Gasteiger charge is -2.09. The van der Waals surface area contributed by atoms with Crippen molar-refractivity contribution in [1.82, 2.24) is 9.97 Å². The molecule has 0 saturated heterocycles. The minimum Gasteiger partial charge on any atom is -0.346 e. The number of pyridine rings is 1. The molecule has 0 atom stereocenters. The van der Waals surface area contributed by atoms with Gasteiger partial charge in [-0.1, -0.05) is 25.1 Å². The molecule has 0 fully saturated rings. The van der Waals surface area contributed by atoms with Crippen molar-refractivity contribution < 1.29 is 0 Å². The van der Waals surface area contributed by atoms with Crippen molar-refractivity contribution in [2.24, 2.45) is 5.73 Å². The summed E-state index contributed by atoms with van der Waals surface area (Å²) in [4.78, 5) is 7.78. The second-order valence-electron chi connectivity index (χ2n) is 5.48. The Balaban J connectivity index is 2.07. The van der Waals surface area contributed by atoms with E-state index in [1.165, 1.54) is 33.2 Å². The molecule has 2 aromatic heterocycles. The molecule has 21 heavy (non-hydrogen) atoms. The molecule has 1 aromatic carbocycles. The van der Waals surface area contributed by atoms with E-state index in [1.54, 1.807) is 0 Å². The summed E-state index contributed by atoms with van der Waals surface area (Å²) < 4.78 is 0. The van der Waals surface area contributed by atoms with E-state index in [0.717, 1.165) is 18.5 Å². The van der Waals surface area contributed by atoms with Gasteiger partial charge in [0.05, 0.1) is 0 Å². The van der Waals surface area contributed by atoms with Gasteiger partial charge in [-0.2, -0.15) is 0 Å². The summed E-state index contributed by atoms with van der Waals surface area (Å²) in [5.74, 6) is 0. The van der Waals surface area contributed by atoms with Gasteiger partial charge in [0.1, 0.15) is 5.65 Å². The molecule has 0 aliphatic rings. The Morgan fingerprint density at radius 3 is 2.81 bits per heavy atom. The number of nitrogens with two attached hydrogens (primary N) is 1. The van der Waals surface area contributed by atoms with E-state index < -0.39 is 0 Å². The van der Waals surface area contributed by atoms with Crippen LogP contribution in [0.15, 0.2) is 36.7 Å². The molecule has 3 N–H and O–H groups in total. The van der Waals surface area contributed by atoms with E-state index in [-0.39, 0.29) is 0 Å². The summed E-state index contributed by atoms with van der Waals surface area (Å²) >= 11 is 0. The first kappa shape index (κ1) is 13.8. The smallest absolute Gasteiger partial charge is 0.137 e. The van der Waals surface area contributed by atoms with E-state index in [9.17, 15) is 0 Å². The van der Waals surface area contributed by atoms with Crippen LogP contribution in [-0.4, -0.2) is 16.5 Å². The maximum absolute atomic E-state index is 5.63. The van der Waals surface area contributed by atoms with E-state index >= 15 is 0 Å². The Morgan fingerprint density at radius 2 is 2.10 bits per heavy atom. The molecule has 0 bridgehead atoms. The van der Waals surface area contributed by atoms with Crippen LogP contribution in [0, 0.1) is 6.92 Å². The lowest BCUT2D eigenvalue weighted by atomic mass is 9.97. The van der Waals surface area contributed by atoms with Crippen molar-refractivity contribution in [1.29, 1.82) is 0 Å². The predicted molar refractivity (Wildman–Crippen MR) is 88.4 cm³/mol. The summed E-state index contributed by atoms with van der Waals surface area (Å²) in [6, 6.07) is 8.81. The van der Waals surface area contributed by atoms with Crippen LogP contribution in [0.4, 0.5) is 0 Å². The molecule has 2 heterocycles. The number of rotatable bonds is 4. The zero-order valence-corrected chi connectivity index (χ0v) is 12.6. The van der Waals surface area contributed by atoms with Gasteiger partial charge < -0.3 is 10.7 Å². The molecule has 108 valence electrons. The quantitative estimate of drug-likeness (QED) is 0.766. The van der Waals surface area contributed by atoms with Gasteiger partial charge in [0, 0.05) is 23.3 Å². The molecular weight excluding hydrogens is 258 g/mol. The zero-order chi connectivity index (χ0) is 14.8. The third kappa shape index (κ3) is 2.57. The highest BCUT2D eigenvalue weighted by atomic mass is 14.8. The number of nitrogens with one attached hydrogen (secondary N) is 1. The number of fused-ring (bicyclic) bond motifs is 1. The standard InChI is InChI=1S/C18H21N3/c1-3-14-10-20-18-17(14)9-15(11-21-18)16-5-4-13(6-7-19)8-12(16)2/h4-5,8-11H,3,6-7,19H2,1-2H3,(H,20,21). The predicted octanol–water partition coefficient (Wildman–Crippen LogP) is 3.60. The highest BCUT2D eigenvalue weighted by Crippen LogP contribution is 2.28. The molecule has 0 radical (unpaired) electrons. The van der Waals surface area contributed by atoms with Gasteiger partial charge in [-0.25, -0.2) is 4.98 Å². The highest BCUT2D eigenvalue weighted by molar-refractivity contribution is 5.85. The van der Waals surface area contributed by atoms with Crippen LogP contribution in [0.2, 0.25) is 0 Å². The topological polar surface area (TPSA) is 54.7 Å². The van der Waals surface area contributed by atoms with Crippen LogP contribution in [0.3, 0.4) is 0 Å². The lowest BCUT2D eigenvalue weighted by Crippen LogP contribution is -2.02. The molecule has 0 aliphatic carbocycles. The molecule has 3 aromatic rings. The number of aromatic nitrogens is 2. The Bertz CT molecular complexity index is 771. The first-order valence-electron chi connectivity index (χ1n) is 7.49. The SMILES string of the molecule is CCc1c[nH]c2ncc(-c3ccc(CCN)cc3C)cc12. The maximum atomic E-state index is 5.63. The van der Waals surface area contributed by atoms with Crippen molar-refractivity contribution in [3.05, 3.63) is 53.3 Å². The van der Waals surface area contributed by atoms with Gasteiger partial charge in [0.25, 0.3) is 0 Å². The van der Waals surface area contributed by atoms with Gasteiger partial charge in [0.15, 0.2) is 0 Å². The minimum atomic E-state index is 0.690. The molecule has 3 heteroatoms. The van der Waals surface area contributed by atoms with Gasteiger partial charge in [0.2, 0.25) is 0 Å². The average molecular weight is 279 g/mol. The van der Waals surface area contributed by atoms with Crippen LogP contribution in [0.1, 0.15) is 23.6 Å². The average Bonchev–Trinajstić information content (AvgIpc) is 2.90. The fraction of sp³-hybridized carbons (Fsp3) is 0.278. The van der Waals surface area contributed by atoms with Crippen LogP contribution in [0.5, 0.6) is 0 Å². The Labute approximate surface area is 125 Å². The first-order valence-corrected chi connectivity index (χ1v) is 7.49. The highest BCUT2D eigenvalue weighted by Gasteiger charge is 2.08. The molecular formula is C18H21N3. The second-order valence-corrected chi connectivity index (χ2v) is 5.48. The van der Waals surface area contributed by atoms with Crippen LogP contribution in [0.25, 0.3) is 22.2 Å². The summed E-state index contributed by atoms with van der Waals surface area (Å²) in [7, 11) is 0. The Morgan fingerprint density at radius 1 is 1.24 bits per heavy atom. The van der Waals surface area contributed by atoms with Gasteiger partial charge >= 0.3 is 0 Å². The normalized spacial score (nSPS) is 11.2. The van der Waals surface area contributed by atoms with Crippen molar-refractivity contribution in [3.63, 3.8) is 0 Å². The van der Waals surface area contributed by atoms with Crippen molar-refractivity contribution in [2.75, 3.05) is 6.54 Å². The van der Waals surface area contributed by atoms with Gasteiger partial charge in [-0.05, 0) is 54.6 Å². The molecule has 0 amide bonds. The first-order chi connectivity index (χ1) is 10.2. The summed E-state index contributed by atoms with van der Waals surface area (Å²) in [5.41, 5.74) is 12.9. The molecule has 0 saturated carbocycles. The molecule has 0 unspecified atom stereocenters. The second kappa shape index (κ2) is 5.70. The number of hydrogen-bond donors (Lipinski definition) is 2. The molecule has 3 nitrogen and oxygen atoms in total. The van der Waals surface area contributed by atoms with Gasteiger partial charge in [-0.15, -0.1) is 0 Å². The van der Waals surface area contributed by atoms with E-state index in [0.29, 0.717) is 6.54 Å². The van der Waals surface area contributed by atoms with Crippen molar-refractivity contribution in [3.8, 4) is 11.1 Å². The number of aromatic amines is 1. The fourth-order valence-corrected chi connectivity index (χ4v) is 2.87. The van der Waals surface area contributed by atoms with E-state index in [1.807, 2.05) is 6.20 Å². The lowest BCUT2D eigenvalue weighted by molar-refractivity contribution is 0.967. The van der Waals surface area contributed by atoms with Crippen LogP contribution in [-0.2, 0) is 12.8 Å². The third-order valence-electron chi connectivity index (χ3n) is 4.03. The monoisotopic (exact) mass is 279 g/mol. The third-order valence-corrected chi connectivity index (χ3v) is 4.03. The summed E-state index contributed by atoms with van der Waals surface area (Å²) in [6.07, 6.45) is 5.94. The Hall–Kier alpha value is -2.13. The maximum Gasteiger partial charge on any atom is 0.137 e. The number of benzene rings is 1. The van der Waals surface area contributed by atoms with Crippen molar-refractivity contribution in [2.45, 2.75) is 26.7 Å².